The van der Waals surface area contributed by atoms with Crippen LogP contribution in [-0.4, -0.2) is 9.55 Å². The molecule has 0 aliphatic rings. The first-order valence-electron chi connectivity index (χ1n) is 6.12. The molecule has 0 atom stereocenters. The number of aryl methyl sites for hydroxylation is 1. The van der Waals surface area contributed by atoms with Crippen LogP contribution in [0, 0.1) is 18.3 Å². The molecule has 0 saturated carbocycles. The van der Waals surface area contributed by atoms with Crippen LogP contribution in [0.1, 0.15) is 12.2 Å². The highest BCUT2D eigenvalue weighted by Crippen LogP contribution is 2.31. The van der Waals surface area contributed by atoms with Gasteiger partial charge in [0.1, 0.15) is 16.4 Å². The number of aromatic nitrogens is 2. The molecule has 0 aliphatic heterocycles. The van der Waals surface area contributed by atoms with Gasteiger partial charge in [-0.25, -0.2) is 4.98 Å². The van der Waals surface area contributed by atoms with E-state index in [0.29, 0.717) is 28.3 Å². The van der Waals surface area contributed by atoms with Crippen LogP contribution in [0.2, 0.25) is 0 Å². The Morgan fingerprint density at radius 3 is 3.10 bits per heavy atom. The lowest BCUT2D eigenvalue weighted by molar-refractivity contribution is 0.583. The van der Waals surface area contributed by atoms with E-state index >= 15 is 0 Å². The Kier molecular flexibility index (Phi) is 3.12. The summed E-state index contributed by atoms with van der Waals surface area (Å²) < 4.78 is 6.92. The zero-order chi connectivity index (χ0) is 14.1. The van der Waals surface area contributed by atoms with Gasteiger partial charge in [0.25, 0.3) is 5.56 Å². The fourth-order valence-corrected chi connectivity index (χ4v) is 3.13. The molecule has 6 heteroatoms. The largest absolute Gasteiger partial charge is 0.464 e. The lowest BCUT2D eigenvalue weighted by atomic mass is 10.2. The van der Waals surface area contributed by atoms with Gasteiger partial charge in [-0.15, -0.1) is 11.3 Å². The van der Waals surface area contributed by atoms with E-state index in [-0.39, 0.29) is 12.0 Å². The Labute approximate surface area is 118 Å². The molecule has 0 unspecified atom stereocenters. The second-order valence-electron chi connectivity index (χ2n) is 4.33. The van der Waals surface area contributed by atoms with Crippen molar-refractivity contribution in [3.63, 3.8) is 0 Å². The molecule has 0 aliphatic carbocycles. The van der Waals surface area contributed by atoms with E-state index in [1.807, 2.05) is 11.4 Å². The maximum atomic E-state index is 12.6. The molecule has 20 heavy (non-hydrogen) atoms. The molecule has 0 aromatic carbocycles. The highest BCUT2D eigenvalue weighted by molar-refractivity contribution is 7.17. The van der Waals surface area contributed by atoms with Crippen molar-refractivity contribution in [2.75, 3.05) is 0 Å². The molecule has 0 spiro atoms. The Balaban J connectivity index is 2.27. The summed E-state index contributed by atoms with van der Waals surface area (Å²) in [5.74, 6) is 1.29. The molecule has 5 nitrogen and oxygen atoms in total. The van der Waals surface area contributed by atoms with Gasteiger partial charge in [0.05, 0.1) is 24.1 Å². The summed E-state index contributed by atoms with van der Waals surface area (Å²) in [5.41, 5.74) is 0.647. The number of furan rings is 1. The van der Waals surface area contributed by atoms with Crippen LogP contribution in [0.15, 0.2) is 33.0 Å². The third kappa shape index (κ3) is 1.92. The SMILES string of the molecule is Cc1nc2scc(-c3ccco3)c2c(=O)n1CCC#N. The average molecular weight is 285 g/mol. The minimum Gasteiger partial charge on any atom is -0.464 e. The molecule has 100 valence electrons. The van der Waals surface area contributed by atoms with Gasteiger partial charge in [0.2, 0.25) is 0 Å². The fourth-order valence-electron chi connectivity index (χ4n) is 2.16. The Bertz CT molecular complexity index is 853. The van der Waals surface area contributed by atoms with E-state index in [4.69, 9.17) is 9.68 Å². The second kappa shape index (κ2) is 4.94. The average Bonchev–Trinajstić information content (AvgIpc) is 3.06. The summed E-state index contributed by atoms with van der Waals surface area (Å²) in [4.78, 5) is 17.8. The van der Waals surface area contributed by atoms with Crippen molar-refractivity contribution < 1.29 is 4.42 Å². The van der Waals surface area contributed by atoms with Crippen LogP contribution in [0.4, 0.5) is 0 Å². The Hall–Kier alpha value is -2.39. The van der Waals surface area contributed by atoms with Crippen LogP contribution in [0.5, 0.6) is 0 Å². The monoisotopic (exact) mass is 285 g/mol. The summed E-state index contributed by atoms with van der Waals surface area (Å²) in [5, 5.41) is 11.1. The number of nitriles is 1. The van der Waals surface area contributed by atoms with Gasteiger partial charge in [0, 0.05) is 17.5 Å². The molecule has 0 N–H and O–H groups in total. The van der Waals surface area contributed by atoms with E-state index in [1.165, 1.54) is 11.3 Å². The highest BCUT2D eigenvalue weighted by atomic mass is 32.1. The lowest BCUT2D eigenvalue weighted by Crippen LogP contribution is -2.23. The van der Waals surface area contributed by atoms with Gasteiger partial charge in [-0.1, -0.05) is 0 Å². The van der Waals surface area contributed by atoms with Crippen LogP contribution in [0.3, 0.4) is 0 Å². The van der Waals surface area contributed by atoms with E-state index in [9.17, 15) is 4.79 Å². The molecule has 0 fully saturated rings. The van der Waals surface area contributed by atoms with Gasteiger partial charge in [0.15, 0.2) is 0 Å². The van der Waals surface area contributed by atoms with Crippen LogP contribution >= 0.6 is 11.3 Å². The maximum absolute atomic E-state index is 12.6. The Morgan fingerprint density at radius 1 is 1.55 bits per heavy atom. The molecule has 0 bridgehead atoms. The third-order valence-electron chi connectivity index (χ3n) is 3.12. The van der Waals surface area contributed by atoms with Crippen LogP contribution < -0.4 is 5.56 Å². The first-order chi connectivity index (χ1) is 9.72. The van der Waals surface area contributed by atoms with E-state index in [2.05, 4.69) is 11.1 Å². The predicted molar refractivity (Wildman–Crippen MR) is 76.5 cm³/mol. The first kappa shape index (κ1) is 12.6. The van der Waals surface area contributed by atoms with Crippen molar-refractivity contribution in [3.8, 4) is 17.4 Å². The van der Waals surface area contributed by atoms with Crippen molar-refractivity contribution >= 4 is 21.6 Å². The summed E-state index contributed by atoms with van der Waals surface area (Å²) >= 11 is 1.42. The summed E-state index contributed by atoms with van der Waals surface area (Å²) in [6, 6.07) is 5.66. The fraction of sp³-hybridized carbons (Fsp3) is 0.214. The molecule has 3 aromatic heterocycles. The smallest absolute Gasteiger partial charge is 0.263 e. The molecular formula is C14H11N3O2S. The van der Waals surface area contributed by atoms with Gasteiger partial charge in [-0.3, -0.25) is 9.36 Å². The summed E-state index contributed by atoms with van der Waals surface area (Å²) in [6.07, 6.45) is 1.86. The van der Waals surface area contributed by atoms with Crippen molar-refractivity contribution in [2.24, 2.45) is 0 Å². The maximum Gasteiger partial charge on any atom is 0.263 e. The zero-order valence-corrected chi connectivity index (χ0v) is 11.6. The molecule has 3 rings (SSSR count). The summed E-state index contributed by atoms with van der Waals surface area (Å²) in [6.45, 7) is 2.14. The van der Waals surface area contributed by atoms with Crippen LogP contribution in [0.25, 0.3) is 21.5 Å². The highest BCUT2D eigenvalue weighted by Gasteiger charge is 2.16. The molecule has 3 aromatic rings. The number of nitrogens with zero attached hydrogens (tertiary/aromatic N) is 3. The van der Waals surface area contributed by atoms with Crippen molar-refractivity contribution in [2.45, 2.75) is 19.9 Å². The number of rotatable bonds is 3. The molecule has 3 heterocycles. The topological polar surface area (TPSA) is 71.8 Å². The molecular weight excluding hydrogens is 274 g/mol. The van der Waals surface area contributed by atoms with E-state index in [1.54, 1.807) is 23.8 Å². The van der Waals surface area contributed by atoms with Crippen molar-refractivity contribution in [1.29, 1.82) is 5.26 Å². The van der Waals surface area contributed by atoms with Gasteiger partial charge >= 0.3 is 0 Å². The summed E-state index contributed by atoms with van der Waals surface area (Å²) in [7, 11) is 0. The Morgan fingerprint density at radius 2 is 2.40 bits per heavy atom. The lowest BCUT2D eigenvalue weighted by Gasteiger charge is -2.07. The van der Waals surface area contributed by atoms with Gasteiger partial charge in [-0.2, -0.15) is 5.26 Å². The standard InChI is InChI=1S/C14H11N3O2S/c1-9-16-13-12(14(18)17(9)6-3-5-15)10(8-20-13)11-4-2-7-19-11/h2,4,7-8H,3,6H2,1H3. The predicted octanol–water partition coefficient (Wildman–Crippen LogP) is 2.94. The molecule has 0 amide bonds. The normalized spacial score (nSPS) is 10.8. The second-order valence-corrected chi connectivity index (χ2v) is 5.19. The molecule has 0 saturated heterocycles. The number of fused-ring (bicyclic) bond motifs is 1. The van der Waals surface area contributed by atoms with Crippen molar-refractivity contribution in [3.05, 3.63) is 40.0 Å². The first-order valence-corrected chi connectivity index (χ1v) is 7.00. The zero-order valence-electron chi connectivity index (χ0n) is 10.8. The van der Waals surface area contributed by atoms with E-state index in [0.717, 1.165) is 5.56 Å². The van der Waals surface area contributed by atoms with Crippen molar-refractivity contribution in [1.82, 2.24) is 9.55 Å². The van der Waals surface area contributed by atoms with Gasteiger partial charge < -0.3 is 4.42 Å². The number of hydrogen-bond donors (Lipinski definition) is 0. The van der Waals surface area contributed by atoms with Crippen LogP contribution in [-0.2, 0) is 6.54 Å². The number of hydrogen-bond acceptors (Lipinski definition) is 5. The quantitative estimate of drug-likeness (QED) is 0.741. The van der Waals surface area contributed by atoms with Gasteiger partial charge in [-0.05, 0) is 19.1 Å². The molecule has 0 radical (unpaired) electrons. The van der Waals surface area contributed by atoms with E-state index < -0.39 is 0 Å². The number of thiophene rings is 1. The third-order valence-corrected chi connectivity index (χ3v) is 3.99. The minimum absolute atomic E-state index is 0.115. The minimum atomic E-state index is -0.115.